The van der Waals surface area contributed by atoms with Crippen molar-refractivity contribution in [3.05, 3.63) is 11.9 Å². The molecule has 6 heteroatoms. The molecule has 1 atom stereocenters. The van der Waals surface area contributed by atoms with Gasteiger partial charge in [0.15, 0.2) is 0 Å². The number of hydrogen-bond acceptors (Lipinski definition) is 4. The topological polar surface area (TPSA) is 62.2 Å². The van der Waals surface area contributed by atoms with Crippen molar-refractivity contribution in [2.75, 3.05) is 31.5 Å². The van der Waals surface area contributed by atoms with Crippen LogP contribution in [0.5, 0.6) is 0 Å². The fourth-order valence-corrected chi connectivity index (χ4v) is 2.50. The summed E-state index contributed by atoms with van der Waals surface area (Å²) in [5.41, 5.74) is 0.501. The summed E-state index contributed by atoms with van der Waals surface area (Å²) in [7, 11) is 0. The van der Waals surface area contributed by atoms with Crippen molar-refractivity contribution < 1.29 is 4.79 Å². The van der Waals surface area contributed by atoms with Gasteiger partial charge in [-0.15, -0.1) is 0 Å². The largest absolute Gasteiger partial charge is 0.356 e. The molecular weight excluding hydrogens is 254 g/mol. The number of aromatic nitrogens is 2. The lowest BCUT2D eigenvalue weighted by Gasteiger charge is -2.23. The second-order valence-corrected chi connectivity index (χ2v) is 5.28. The monoisotopic (exact) mass is 279 g/mol. The zero-order valence-electron chi connectivity index (χ0n) is 12.6. The summed E-state index contributed by atoms with van der Waals surface area (Å²) in [6.07, 6.45) is 2.91. The molecule has 1 amide bonds. The highest BCUT2D eigenvalue weighted by Gasteiger charge is 2.18. The van der Waals surface area contributed by atoms with Crippen LogP contribution in [0.3, 0.4) is 0 Å². The van der Waals surface area contributed by atoms with Gasteiger partial charge in [0.2, 0.25) is 5.95 Å². The summed E-state index contributed by atoms with van der Waals surface area (Å²) in [6, 6.07) is 0.120. The number of likely N-dealkylation sites (N-methyl/N-ethyl adjacent to an activating group) is 1. The molecule has 0 bridgehead atoms. The van der Waals surface area contributed by atoms with Crippen LogP contribution in [-0.2, 0) is 6.54 Å². The Morgan fingerprint density at radius 1 is 1.55 bits per heavy atom. The Morgan fingerprint density at radius 2 is 2.30 bits per heavy atom. The zero-order valence-corrected chi connectivity index (χ0v) is 12.6. The van der Waals surface area contributed by atoms with Crippen LogP contribution in [0.1, 0.15) is 37.7 Å². The van der Waals surface area contributed by atoms with E-state index in [4.69, 9.17) is 0 Å². The van der Waals surface area contributed by atoms with Gasteiger partial charge in [-0.2, -0.15) is 0 Å². The molecule has 20 heavy (non-hydrogen) atoms. The molecule has 1 aliphatic heterocycles. The summed E-state index contributed by atoms with van der Waals surface area (Å²) in [5, 5.41) is 6.23. The Hall–Kier alpha value is -1.56. The van der Waals surface area contributed by atoms with Crippen molar-refractivity contribution in [2.24, 2.45) is 0 Å². The highest BCUT2D eigenvalue weighted by atomic mass is 16.2. The van der Waals surface area contributed by atoms with E-state index in [0.717, 1.165) is 45.1 Å². The molecule has 1 unspecified atom stereocenters. The van der Waals surface area contributed by atoms with Gasteiger partial charge in [0.05, 0.1) is 0 Å². The van der Waals surface area contributed by atoms with E-state index in [1.54, 1.807) is 0 Å². The van der Waals surface area contributed by atoms with Crippen LogP contribution < -0.4 is 10.6 Å². The first-order chi connectivity index (χ1) is 9.63. The standard InChI is InChI=1S/C14H25N5O/c1-4-18(5-2)9-11(3)16-13(20)12-10-19-8-6-7-15-14(19)17-12/h10-11H,4-9H2,1-3H3,(H,15,17)(H,16,20). The van der Waals surface area contributed by atoms with Gasteiger partial charge in [-0.3, -0.25) is 4.79 Å². The number of fused-ring (bicyclic) bond motifs is 1. The molecule has 2 N–H and O–H groups in total. The molecule has 1 aromatic heterocycles. The zero-order chi connectivity index (χ0) is 14.5. The molecule has 1 aliphatic rings. The van der Waals surface area contributed by atoms with Gasteiger partial charge < -0.3 is 20.1 Å². The molecule has 0 spiro atoms. The molecule has 1 aromatic rings. The first kappa shape index (κ1) is 14.8. The number of rotatable bonds is 6. The number of carbonyl (C=O) groups is 1. The fourth-order valence-electron chi connectivity index (χ4n) is 2.50. The summed E-state index contributed by atoms with van der Waals surface area (Å²) >= 11 is 0. The quantitative estimate of drug-likeness (QED) is 0.820. The van der Waals surface area contributed by atoms with Crippen LogP contribution in [0.2, 0.25) is 0 Å². The average Bonchev–Trinajstić information content (AvgIpc) is 2.88. The van der Waals surface area contributed by atoms with Gasteiger partial charge >= 0.3 is 0 Å². The minimum Gasteiger partial charge on any atom is -0.356 e. The average molecular weight is 279 g/mol. The number of anilines is 1. The Kier molecular flexibility index (Phi) is 5.00. The van der Waals surface area contributed by atoms with Gasteiger partial charge in [0.1, 0.15) is 5.69 Å². The van der Waals surface area contributed by atoms with E-state index in [2.05, 4.69) is 34.4 Å². The van der Waals surface area contributed by atoms with E-state index < -0.39 is 0 Å². The second-order valence-electron chi connectivity index (χ2n) is 5.28. The van der Waals surface area contributed by atoms with Gasteiger partial charge in [0, 0.05) is 31.9 Å². The van der Waals surface area contributed by atoms with Gasteiger partial charge in [-0.1, -0.05) is 13.8 Å². The molecule has 0 saturated carbocycles. The van der Waals surface area contributed by atoms with Crippen LogP contribution in [-0.4, -0.2) is 52.6 Å². The first-order valence-corrected chi connectivity index (χ1v) is 7.48. The molecule has 6 nitrogen and oxygen atoms in total. The van der Waals surface area contributed by atoms with Crippen molar-refractivity contribution in [1.29, 1.82) is 0 Å². The summed E-state index contributed by atoms with van der Waals surface area (Å²) in [5.74, 6) is 0.714. The number of imidazole rings is 1. The van der Waals surface area contributed by atoms with E-state index in [1.807, 2.05) is 17.7 Å². The molecule has 0 radical (unpaired) electrons. The third kappa shape index (κ3) is 3.50. The minimum absolute atomic E-state index is 0.0895. The molecule has 0 saturated heterocycles. The van der Waals surface area contributed by atoms with Crippen molar-refractivity contribution >= 4 is 11.9 Å². The Balaban J connectivity index is 1.92. The number of nitrogens with zero attached hydrogens (tertiary/aromatic N) is 3. The molecular formula is C14H25N5O. The first-order valence-electron chi connectivity index (χ1n) is 7.48. The van der Waals surface area contributed by atoms with Crippen LogP contribution in [0, 0.1) is 0 Å². The van der Waals surface area contributed by atoms with Crippen molar-refractivity contribution in [3.8, 4) is 0 Å². The third-order valence-electron chi connectivity index (χ3n) is 3.67. The van der Waals surface area contributed by atoms with Crippen LogP contribution >= 0.6 is 0 Å². The predicted molar refractivity (Wildman–Crippen MR) is 80.0 cm³/mol. The Bertz CT molecular complexity index is 429. The Morgan fingerprint density at radius 3 is 2.95 bits per heavy atom. The summed E-state index contributed by atoms with van der Waals surface area (Å²) in [4.78, 5) is 18.8. The van der Waals surface area contributed by atoms with Crippen LogP contribution in [0.15, 0.2) is 6.20 Å². The lowest BCUT2D eigenvalue weighted by molar-refractivity contribution is 0.0925. The maximum atomic E-state index is 12.2. The van der Waals surface area contributed by atoms with Gasteiger partial charge in [-0.05, 0) is 26.4 Å². The van der Waals surface area contributed by atoms with Gasteiger partial charge in [0.25, 0.3) is 5.91 Å². The van der Waals surface area contributed by atoms with Crippen LogP contribution in [0.25, 0.3) is 0 Å². The molecule has 2 rings (SSSR count). The van der Waals surface area contributed by atoms with Crippen molar-refractivity contribution in [1.82, 2.24) is 19.8 Å². The van der Waals surface area contributed by atoms with Crippen molar-refractivity contribution in [3.63, 3.8) is 0 Å². The lowest BCUT2D eigenvalue weighted by Crippen LogP contribution is -2.42. The molecule has 0 fully saturated rings. The Labute approximate surface area is 120 Å². The number of carbonyl (C=O) groups excluding carboxylic acids is 1. The second kappa shape index (κ2) is 6.74. The summed E-state index contributed by atoms with van der Waals surface area (Å²) < 4.78 is 2.01. The highest BCUT2D eigenvalue weighted by Crippen LogP contribution is 2.14. The molecule has 112 valence electrons. The van der Waals surface area contributed by atoms with E-state index >= 15 is 0 Å². The molecule has 2 heterocycles. The van der Waals surface area contributed by atoms with E-state index in [-0.39, 0.29) is 11.9 Å². The highest BCUT2D eigenvalue weighted by molar-refractivity contribution is 5.92. The number of aryl methyl sites for hydroxylation is 1. The normalized spacial score (nSPS) is 15.6. The SMILES string of the molecule is CCN(CC)CC(C)NC(=O)c1cn2c(n1)NCCC2. The van der Waals surface area contributed by atoms with E-state index in [9.17, 15) is 4.79 Å². The van der Waals surface area contributed by atoms with Crippen LogP contribution in [0.4, 0.5) is 5.95 Å². The third-order valence-corrected chi connectivity index (χ3v) is 3.67. The number of amides is 1. The maximum absolute atomic E-state index is 12.2. The number of hydrogen-bond donors (Lipinski definition) is 2. The van der Waals surface area contributed by atoms with E-state index in [0.29, 0.717) is 5.69 Å². The summed E-state index contributed by atoms with van der Waals surface area (Å²) in [6.45, 7) is 11.0. The maximum Gasteiger partial charge on any atom is 0.271 e. The van der Waals surface area contributed by atoms with E-state index in [1.165, 1.54) is 0 Å². The molecule has 0 aromatic carbocycles. The van der Waals surface area contributed by atoms with Gasteiger partial charge in [-0.25, -0.2) is 4.98 Å². The minimum atomic E-state index is -0.0895. The number of nitrogens with one attached hydrogen (secondary N) is 2. The predicted octanol–water partition coefficient (Wildman–Crippen LogP) is 1.16. The molecule has 0 aliphatic carbocycles. The lowest BCUT2D eigenvalue weighted by atomic mass is 10.3. The smallest absolute Gasteiger partial charge is 0.271 e. The van der Waals surface area contributed by atoms with Crippen molar-refractivity contribution in [2.45, 2.75) is 39.8 Å². The fraction of sp³-hybridized carbons (Fsp3) is 0.714.